The van der Waals surface area contributed by atoms with Crippen molar-refractivity contribution in [2.45, 2.75) is 51.9 Å². The molecule has 1 heterocycles. The van der Waals surface area contributed by atoms with E-state index in [-0.39, 0.29) is 0 Å². The molecule has 0 aromatic carbocycles. The maximum atomic E-state index is 3.28. The fourth-order valence-electron chi connectivity index (χ4n) is 3.90. The second-order valence-electron chi connectivity index (χ2n) is 6.77. The Kier molecular flexibility index (Phi) is 5.97. The van der Waals surface area contributed by atoms with Gasteiger partial charge < -0.3 is 10.2 Å². The number of likely N-dealkylation sites (tertiary alicyclic amines) is 1. The van der Waals surface area contributed by atoms with Crippen LogP contribution in [-0.2, 0) is 0 Å². The molecule has 1 aliphatic heterocycles. The highest BCUT2D eigenvalue weighted by atomic mass is 15.1. The fourth-order valence-corrected chi connectivity index (χ4v) is 3.90. The molecule has 0 radical (unpaired) electrons. The van der Waals surface area contributed by atoms with Crippen molar-refractivity contribution < 1.29 is 0 Å². The van der Waals surface area contributed by atoms with E-state index in [1.165, 1.54) is 71.1 Å². The lowest BCUT2D eigenvalue weighted by Gasteiger charge is -2.36. The third-order valence-electron chi connectivity index (χ3n) is 5.07. The Hall–Kier alpha value is -0.0800. The lowest BCUT2D eigenvalue weighted by molar-refractivity contribution is 0.132. The largest absolute Gasteiger partial charge is 0.320 e. The molecular formula is C16H32N2. The lowest BCUT2D eigenvalue weighted by Crippen LogP contribution is -2.38. The third kappa shape index (κ3) is 4.55. The standard InChI is InChI=1S/C16H32N2/c1-14-4-3-5-16(12-14)13-18-10-7-15(8-11-18)6-9-17-2/h14-17H,3-13H2,1-2H3. The summed E-state index contributed by atoms with van der Waals surface area (Å²) in [6.07, 6.45) is 10.2. The van der Waals surface area contributed by atoms with Crippen molar-refractivity contribution in [3.63, 3.8) is 0 Å². The number of nitrogens with zero attached hydrogens (tertiary/aromatic N) is 1. The van der Waals surface area contributed by atoms with Gasteiger partial charge in [0, 0.05) is 6.54 Å². The van der Waals surface area contributed by atoms with Crippen LogP contribution < -0.4 is 5.32 Å². The van der Waals surface area contributed by atoms with Gasteiger partial charge in [0.25, 0.3) is 0 Å². The molecule has 106 valence electrons. The Balaban J connectivity index is 1.63. The molecule has 0 amide bonds. The monoisotopic (exact) mass is 252 g/mol. The van der Waals surface area contributed by atoms with E-state index in [4.69, 9.17) is 0 Å². The minimum absolute atomic E-state index is 0.983. The molecule has 0 bridgehead atoms. The zero-order valence-electron chi connectivity index (χ0n) is 12.5. The molecule has 2 aliphatic rings. The molecule has 0 aromatic rings. The van der Waals surface area contributed by atoms with Crippen LogP contribution in [0, 0.1) is 17.8 Å². The lowest BCUT2D eigenvalue weighted by atomic mass is 9.82. The van der Waals surface area contributed by atoms with E-state index in [1.54, 1.807) is 0 Å². The summed E-state index contributed by atoms with van der Waals surface area (Å²) in [5.41, 5.74) is 0. The van der Waals surface area contributed by atoms with Gasteiger partial charge in [0.1, 0.15) is 0 Å². The van der Waals surface area contributed by atoms with Crippen LogP contribution in [0.1, 0.15) is 51.9 Å². The summed E-state index contributed by atoms with van der Waals surface area (Å²) in [5, 5.41) is 3.28. The van der Waals surface area contributed by atoms with E-state index < -0.39 is 0 Å². The minimum Gasteiger partial charge on any atom is -0.320 e. The first-order valence-electron chi connectivity index (χ1n) is 8.15. The fraction of sp³-hybridized carbons (Fsp3) is 1.00. The van der Waals surface area contributed by atoms with E-state index in [9.17, 15) is 0 Å². The highest BCUT2D eigenvalue weighted by molar-refractivity contribution is 4.78. The Morgan fingerprint density at radius 1 is 1.06 bits per heavy atom. The third-order valence-corrected chi connectivity index (χ3v) is 5.07. The Bertz CT molecular complexity index is 221. The molecule has 2 atom stereocenters. The predicted molar refractivity (Wildman–Crippen MR) is 78.8 cm³/mol. The average molecular weight is 252 g/mol. The zero-order valence-corrected chi connectivity index (χ0v) is 12.5. The van der Waals surface area contributed by atoms with E-state index in [0.29, 0.717) is 0 Å². The molecule has 0 aromatic heterocycles. The Labute approximate surface area is 114 Å². The Morgan fingerprint density at radius 2 is 1.83 bits per heavy atom. The van der Waals surface area contributed by atoms with Gasteiger partial charge in [-0.05, 0) is 76.5 Å². The predicted octanol–water partition coefficient (Wildman–Crippen LogP) is 3.13. The van der Waals surface area contributed by atoms with Crippen LogP contribution in [0.2, 0.25) is 0 Å². The van der Waals surface area contributed by atoms with Gasteiger partial charge in [0.15, 0.2) is 0 Å². The smallest absolute Gasteiger partial charge is 0.000976 e. The van der Waals surface area contributed by atoms with E-state index in [1.807, 2.05) is 0 Å². The summed E-state index contributed by atoms with van der Waals surface area (Å²) in [7, 11) is 2.07. The van der Waals surface area contributed by atoms with Crippen molar-refractivity contribution in [2.24, 2.45) is 17.8 Å². The van der Waals surface area contributed by atoms with Crippen LogP contribution in [-0.4, -0.2) is 38.1 Å². The second kappa shape index (κ2) is 7.49. The van der Waals surface area contributed by atoms with Crippen molar-refractivity contribution >= 4 is 0 Å². The number of hydrogen-bond acceptors (Lipinski definition) is 2. The molecule has 2 fully saturated rings. The number of piperidine rings is 1. The number of nitrogens with one attached hydrogen (secondary N) is 1. The van der Waals surface area contributed by atoms with Gasteiger partial charge in [-0.15, -0.1) is 0 Å². The normalized spacial score (nSPS) is 31.7. The summed E-state index contributed by atoms with van der Waals surface area (Å²) in [6, 6.07) is 0. The molecular weight excluding hydrogens is 220 g/mol. The highest BCUT2D eigenvalue weighted by Gasteiger charge is 2.24. The maximum absolute atomic E-state index is 3.28. The van der Waals surface area contributed by atoms with Crippen molar-refractivity contribution in [1.29, 1.82) is 0 Å². The quantitative estimate of drug-likeness (QED) is 0.808. The van der Waals surface area contributed by atoms with Crippen LogP contribution in [0.5, 0.6) is 0 Å². The zero-order chi connectivity index (χ0) is 12.8. The summed E-state index contributed by atoms with van der Waals surface area (Å²) < 4.78 is 0. The molecule has 2 rings (SSSR count). The summed E-state index contributed by atoms with van der Waals surface area (Å²) in [5.74, 6) is 2.97. The van der Waals surface area contributed by atoms with Gasteiger partial charge in [-0.1, -0.05) is 19.8 Å². The van der Waals surface area contributed by atoms with Gasteiger partial charge in [-0.2, -0.15) is 0 Å². The second-order valence-corrected chi connectivity index (χ2v) is 6.77. The molecule has 1 saturated heterocycles. The van der Waals surface area contributed by atoms with Crippen LogP contribution in [0.4, 0.5) is 0 Å². The van der Waals surface area contributed by atoms with Crippen molar-refractivity contribution in [2.75, 3.05) is 33.2 Å². The number of rotatable bonds is 5. The van der Waals surface area contributed by atoms with Crippen LogP contribution in [0.15, 0.2) is 0 Å². The van der Waals surface area contributed by atoms with Crippen molar-refractivity contribution in [1.82, 2.24) is 10.2 Å². The van der Waals surface area contributed by atoms with Crippen LogP contribution in [0.25, 0.3) is 0 Å². The molecule has 1 saturated carbocycles. The van der Waals surface area contributed by atoms with Crippen LogP contribution >= 0.6 is 0 Å². The summed E-state index contributed by atoms with van der Waals surface area (Å²) in [6.45, 7) is 7.75. The molecule has 2 unspecified atom stereocenters. The molecule has 1 aliphatic carbocycles. The van der Waals surface area contributed by atoms with Crippen molar-refractivity contribution in [3.05, 3.63) is 0 Å². The van der Waals surface area contributed by atoms with E-state index in [2.05, 4.69) is 24.2 Å². The van der Waals surface area contributed by atoms with Gasteiger partial charge in [-0.3, -0.25) is 0 Å². The van der Waals surface area contributed by atoms with Gasteiger partial charge in [-0.25, -0.2) is 0 Å². The highest BCUT2D eigenvalue weighted by Crippen LogP contribution is 2.30. The maximum Gasteiger partial charge on any atom is 0.000976 e. The first kappa shape index (κ1) is 14.3. The van der Waals surface area contributed by atoms with Gasteiger partial charge in [0.2, 0.25) is 0 Å². The number of hydrogen-bond donors (Lipinski definition) is 1. The topological polar surface area (TPSA) is 15.3 Å². The van der Waals surface area contributed by atoms with E-state index in [0.717, 1.165) is 17.8 Å². The van der Waals surface area contributed by atoms with Crippen LogP contribution in [0.3, 0.4) is 0 Å². The van der Waals surface area contributed by atoms with E-state index >= 15 is 0 Å². The molecule has 2 nitrogen and oxygen atoms in total. The molecule has 18 heavy (non-hydrogen) atoms. The molecule has 0 spiro atoms. The molecule has 2 heteroatoms. The molecule has 1 N–H and O–H groups in total. The van der Waals surface area contributed by atoms with Gasteiger partial charge in [0.05, 0.1) is 0 Å². The van der Waals surface area contributed by atoms with Crippen molar-refractivity contribution in [3.8, 4) is 0 Å². The first-order chi connectivity index (χ1) is 8.78. The average Bonchev–Trinajstić information content (AvgIpc) is 2.38. The van der Waals surface area contributed by atoms with Gasteiger partial charge >= 0.3 is 0 Å². The first-order valence-corrected chi connectivity index (χ1v) is 8.15. The minimum atomic E-state index is 0.983. The summed E-state index contributed by atoms with van der Waals surface area (Å²) >= 11 is 0. The SMILES string of the molecule is CNCCC1CCN(CC2CCCC(C)C2)CC1. The summed E-state index contributed by atoms with van der Waals surface area (Å²) in [4.78, 5) is 2.75. The Morgan fingerprint density at radius 3 is 2.50 bits per heavy atom.